The standard InChI is InChI=1S/C9H8ClF2NO3/c10-3-4-1-6(14)13-8(9(11)12)5(4)2-7(15)16/h1,9H,2-3H2,(H,13,14)(H,15,16). The zero-order chi connectivity index (χ0) is 12.3. The van der Waals surface area contributed by atoms with Crippen LogP contribution in [0, 0.1) is 0 Å². The molecule has 0 aliphatic carbocycles. The fourth-order valence-electron chi connectivity index (χ4n) is 1.33. The van der Waals surface area contributed by atoms with Gasteiger partial charge in [0.05, 0.1) is 12.1 Å². The Morgan fingerprint density at radius 3 is 2.62 bits per heavy atom. The Balaban J connectivity index is 3.38. The highest BCUT2D eigenvalue weighted by Crippen LogP contribution is 2.23. The Bertz CT molecular complexity index is 459. The number of carboxylic acids is 1. The van der Waals surface area contributed by atoms with E-state index in [-0.39, 0.29) is 17.0 Å². The zero-order valence-corrected chi connectivity index (χ0v) is 8.72. The van der Waals surface area contributed by atoms with E-state index in [1.54, 1.807) is 0 Å². The molecule has 88 valence electrons. The monoisotopic (exact) mass is 251 g/mol. The smallest absolute Gasteiger partial charge is 0.307 e. The maximum atomic E-state index is 12.6. The Labute approximate surface area is 93.9 Å². The lowest BCUT2D eigenvalue weighted by Crippen LogP contribution is -2.16. The number of hydrogen-bond acceptors (Lipinski definition) is 2. The summed E-state index contributed by atoms with van der Waals surface area (Å²) < 4.78 is 25.1. The summed E-state index contributed by atoms with van der Waals surface area (Å²) >= 11 is 5.47. The van der Waals surface area contributed by atoms with Crippen LogP contribution in [0.1, 0.15) is 23.2 Å². The molecular formula is C9H8ClF2NO3. The second-order valence-corrected chi connectivity index (χ2v) is 3.32. The van der Waals surface area contributed by atoms with E-state index in [2.05, 4.69) is 0 Å². The van der Waals surface area contributed by atoms with Crippen LogP contribution < -0.4 is 5.56 Å². The van der Waals surface area contributed by atoms with Crippen molar-refractivity contribution in [2.75, 3.05) is 0 Å². The van der Waals surface area contributed by atoms with Crippen LogP contribution in [0.4, 0.5) is 8.78 Å². The molecule has 0 radical (unpaired) electrons. The van der Waals surface area contributed by atoms with Gasteiger partial charge in [0.25, 0.3) is 6.43 Å². The molecule has 0 aliphatic heterocycles. The quantitative estimate of drug-likeness (QED) is 0.800. The number of aromatic nitrogens is 1. The van der Waals surface area contributed by atoms with Crippen LogP contribution >= 0.6 is 11.6 Å². The molecule has 0 amide bonds. The van der Waals surface area contributed by atoms with Crippen molar-refractivity contribution < 1.29 is 18.7 Å². The highest BCUT2D eigenvalue weighted by Gasteiger charge is 2.19. The molecule has 0 spiro atoms. The van der Waals surface area contributed by atoms with Gasteiger partial charge in [0.1, 0.15) is 0 Å². The number of pyridine rings is 1. The predicted molar refractivity (Wildman–Crippen MR) is 52.9 cm³/mol. The summed E-state index contributed by atoms with van der Waals surface area (Å²) in [5.74, 6) is -1.45. The van der Waals surface area contributed by atoms with Crippen LogP contribution in [0.15, 0.2) is 10.9 Å². The number of nitrogens with one attached hydrogen (secondary N) is 1. The normalized spacial score (nSPS) is 10.8. The van der Waals surface area contributed by atoms with Crippen molar-refractivity contribution in [2.24, 2.45) is 0 Å². The van der Waals surface area contributed by atoms with Crippen LogP contribution in [0.2, 0.25) is 0 Å². The van der Waals surface area contributed by atoms with E-state index in [4.69, 9.17) is 16.7 Å². The fraction of sp³-hybridized carbons (Fsp3) is 0.333. The summed E-state index contributed by atoms with van der Waals surface area (Å²) in [7, 11) is 0. The van der Waals surface area contributed by atoms with E-state index >= 15 is 0 Å². The zero-order valence-electron chi connectivity index (χ0n) is 7.97. The number of aliphatic carboxylic acids is 1. The Morgan fingerprint density at radius 1 is 1.56 bits per heavy atom. The lowest BCUT2D eigenvalue weighted by Gasteiger charge is -2.10. The van der Waals surface area contributed by atoms with Crippen LogP contribution in [-0.4, -0.2) is 16.1 Å². The Hall–Kier alpha value is -1.43. The number of aromatic amines is 1. The van der Waals surface area contributed by atoms with E-state index < -0.39 is 30.1 Å². The third kappa shape index (κ3) is 2.79. The molecular weight excluding hydrogens is 244 g/mol. The van der Waals surface area contributed by atoms with Crippen molar-refractivity contribution in [2.45, 2.75) is 18.7 Å². The molecule has 2 N–H and O–H groups in total. The van der Waals surface area contributed by atoms with Gasteiger partial charge in [-0.05, 0) is 11.1 Å². The van der Waals surface area contributed by atoms with E-state index in [1.807, 2.05) is 4.98 Å². The lowest BCUT2D eigenvalue weighted by molar-refractivity contribution is -0.136. The van der Waals surface area contributed by atoms with Gasteiger partial charge in [-0.15, -0.1) is 11.6 Å². The van der Waals surface area contributed by atoms with Gasteiger partial charge in [-0.1, -0.05) is 0 Å². The Kier molecular flexibility index (Phi) is 4.00. The van der Waals surface area contributed by atoms with Gasteiger partial charge in [0, 0.05) is 11.9 Å². The number of rotatable bonds is 4. The maximum Gasteiger partial charge on any atom is 0.307 e. The fourth-order valence-corrected chi connectivity index (χ4v) is 1.57. The minimum Gasteiger partial charge on any atom is -0.481 e. The minimum atomic E-state index is -2.94. The largest absolute Gasteiger partial charge is 0.481 e. The van der Waals surface area contributed by atoms with Gasteiger partial charge < -0.3 is 10.1 Å². The second kappa shape index (κ2) is 5.07. The van der Waals surface area contributed by atoms with Crippen LogP contribution in [0.5, 0.6) is 0 Å². The molecule has 1 heterocycles. The summed E-state index contributed by atoms with van der Waals surface area (Å²) in [6, 6.07) is 1.02. The van der Waals surface area contributed by atoms with E-state index in [9.17, 15) is 18.4 Å². The molecule has 4 nitrogen and oxygen atoms in total. The van der Waals surface area contributed by atoms with Crippen molar-refractivity contribution in [3.8, 4) is 0 Å². The molecule has 0 atom stereocenters. The average molecular weight is 252 g/mol. The molecule has 0 unspecified atom stereocenters. The van der Waals surface area contributed by atoms with Gasteiger partial charge in [-0.3, -0.25) is 9.59 Å². The molecule has 16 heavy (non-hydrogen) atoms. The highest BCUT2D eigenvalue weighted by molar-refractivity contribution is 6.17. The molecule has 1 aromatic heterocycles. The first-order valence-electron chi connectivity index (χ1n) is 4.26. The molecule has 0 aromatic carbocycles. The summed E-state index contributed by atoms with van der Waals surface area (Å²) in [6.45, 7) is 0. The van der Waals surface area contributed by atoms with Crippen molar-refractivity contribution in [3.05, 3.63) is 33.2 Å². The van der Waals surface area contributed by atoms with Gasteiger partial charge in [0.2, 0.25) is 5.56 Å². The van der Waals surface area contributed by atoms with Crippen molar-refractivity contribution in [1.29, 1.82) is 0 Å². The van der Waals surface area contributed by atoms with Crippen LogP contribution in [0.3, 0.4) is 0 Å². The number of H-pyrrole nitrogens is 1. The number of carboxylic acid groups (broad SMARTS) is 1. The SMILES string of the molecule is O=C(O)Cc1c(CCl)cc(=O)[nH]c1C(F)F. The maximum absolute atomic E-state index is 12.6. The molecule has 1 rings (SSSR count). The first kappa shape index (κ1) is 12.6. The number of carbonyl (C=O) groups is 1. The summed E-state index contributed by atoms with van der Waals surface area (Å²) in [5.41, 5.74) is -1.41. The van der Waals surface area contributed by atoms with Crippen molar-refractivity contribution >= 4 is 17.6 Å². The molecule has 0 saturated carbocycles. The Morgan fingerprint density at radius 2 is 2.19 bits per heavy atom. The van der Waals surface area contributed by atoms with E-state index in [1.165, 1.54) is 0 Å². The third-order valence-corrected chi connectivity index (χ3v) is 2.25. The van der Waals surface area contributed by atoms with Crippen molar-refractivity contribution in [3.63, 3.8) is 0 Å². The van der Waals surface area contributed by atoms with Gasteiger partial charge in [0.15, 0.2) is 0 Å². The molecule has 7 heteroatoms. The van der Waals surface area contributed by atoms with E-state index in [0.29, 0.717) is 0 Å². The lowest BCUT2D eigenvalue weighted by atomic mass is 10.0. The molecule has 0 fully saturated rings. The summed E-state index contributed by atoms with van der Waals surface area (Å²) in [4.78, 5) is 23.5. The number of halogens is 3. The highest BCUT2D eigenvalue weighted by atomic mass is 35.5. The molecule has 0 aliphatic rings. The summed E-state index contributed by atoms with van der Waals surface area (Å²) in [6.07, 6.45) is -3.54. The second-order valence-electron chi connectivity index (χ2n) is 3.06. The predicted octanol–water partition coefficient (Wildman–Crippen LogP) is 1.68. The van der Waals surface area contributed by atoms with Crippen LogP contribution in [-0.2, 0) is 17.1 Å². The topological polar surface area (TPSA) is 70.2 Å². The van der Waals surface area contributed by atoms with Gasteiger partial charge in [-0.25, -0.2) is 8.78 Å². The third-order valence-electron chi connectivity index (χ3n) is 1.97. The average Bonchev–Trinajstić information content (AvgIpc) is 2.19. The first-order chi connectivity index (χ1) is 7.45. The first-order valence-corrected chi connectivity index (χ1v) is 4.80. The molecule has 0 bridgehead atoms. The summed E-state index contributed by atoms with van der Waals surface area (Å²) in [5, 5.41) is 8.58. The number of alkyl halides is 3. The van der Waals surface area contributed by atoms with Gasteiger partial charge in [-0.2, -0.15) is 0 Å². The van der Waals surface area contributed by atoms with Gasteiger partial charge >= 0.3 is 5.97 Å². The molecule has 1 aromatic rings. The number of hydrogen-bond donors (Lipinski definition) is 2. The van der Waals surface area contributed by atoms with E-state index in [0.717, 1.165) is 6.07 Å². The molecule has 0 saturated heterocycles. The van der Waals surface area contributed by atoms with Crippen molar-refractivity contribution in [1.82, 2.24) is 4.98 Å². The van der Waals surface area contributed by atoms with Crippen LogP contribution in [0.25, 0.3) is 0 Å². The minimum absolute atomic E-state index is 0.114.